The summed E-state index contributed by atoms with van der Waals surface area (Å²) < 4.78 is 42.2. The maximum Gasteiger partial charge on any atom is 0.387 e. The Kier molecular flexibility index (Phi) is 4.50. The van der Waals surface area contributed by atoms with Crippen LogP contribution in [0, 0.1) is 5.82 Å². The molecule has 2 rings (SSSR count). The summed E-state index contributed by atoms with van der Waals surface area (Å²) >= 11 is 0. The fourth-order valence-corrected chi connectivity index (χ4v) is 1.85. The molecule has 2 nitrogen and oxygen atoms in total. The number of halogens is 3. The van der Waals surface area contributed by atoms with Gasteiger partial charge in [0.2, 0.25) is 0 Å². The van der Waals surface area contributed by atoms with E-state index in [2.05, 4.69) is 10.1 Å². The summed E-state index contributed by atoms with van der Waals surface area (Å²) in [4.78, 5) is 0. The first-order chi connectivity index (χ1) is 9.56. The number of alkyl halides is 2. The van der Waals surface area contributed by atoms with Crippen molar-refractivity contribution in [2.45, 2.75) is 19.6 Å². The van der Waals surface area contributed by atoms with Gasteiger partial charge in [-0.15, -0.1) is 0 Å². The molecule has 106 valence electrons. The Bertz CT molecular complexity index is 575. The summed E-state index contributed by atoms with van der Waals surface area (Å²) in [6, 6.07) is 12.4. The van der Waals surface area contributed by atoms with Crippen molar-refractivity contribution < 1.29 is 17.9 Å². The van der Waals surface area contributed by atoms with Gasteiger partial charge in [-0.1, -0.05) is 24.3 Å². The van der Waals surface area contributed by atoms with E-state index in [9.17, 15) is 13.2 Å². The van der Waals surface area contributed by atoms with Crippen LogP contribution in [0.5, 0.6) is 5.75 Å². The third-order valence-corrected chi connectivity index (χ3v) is 2.83. The lowest BCUT2D eigenvalue weighted by Gasteiger charge is -2.17. The van der Waals surface area contributed by atoms with Gasteiger partial charge in [-0.05, 0) is 36.8 Å². The Balaban J connectivity index is 2.13. The van der Waals surface area contributed by atoms with Crippen molar-refractivity contribution in [3.63, 3.8) is 0 Å². The molecular formula is C15H14F3NO. The van der Waals surface area contributed by atoms with Gasteiger partial charge in [0.05, 0.1) is 5.69 Å². The van der Waals surface area contributed by atoms with Crippen molar-refractivity contribution in [3.05, 3.63) is 59.9 Å². The van der Waals surface area contributed by atoms with Gasteiger partial charge < -0.3 is 10.1 Å². The second-order valence-electron chi connectivity index (χ2n) is 4.30. The first kappa shape index (κ1) is 14.2. The van der Waals surface area contributed by atoms with Crippen LogP contribution in [0.15, 0.2) is 48.5 Å². The lowest BCUT2D eigenvalue weighted by atomic mass is 10.1. The molecule has 1 N–H and O–H groups in total. The van der Waals surface area contributed by atoms with Crippen molar-refractivity contribution in [2.75, 3.05) is 5.32 Å². The summed E-state index contributed by atoms with van der Waals surface area (Å²) in [6.07, 6.45) is 0. The lowest BCUT2D eigenvalue weighted by molar-refractivity contribution is -0.0498. The molecule has 20 heavy (non-hydrogen) atoms. The first-order valence-electron chi connectivity index (χ1n) is 6.12. The molecule has 0 spiro atoms. The highest BCUT2D eigenvalue weighted by molar-refractivity contribution is 5.47. The lowest BCUT2D eigenvalue weighted by Crippen LogP contribution is -2.08. The van der Waals surface area contributed by atoms with Crippen molar-refractivity contribution in [1.82, 2.24) is 0 Å². The van der Waals surface area contributed by atoms with Crippen LogP contribution >= 0.6 is 0 Å². The highest BCUT2D eigenvalue weighted by atomic mass is 19.3. The highest BCUT2D eigenvalue weighted by Gasteiger charge is 2.10. The number of benzene rings is 2. The van der Waals surface area contributed by atoms with Gasteiger partial charge in [-0.25, -0.2) is 4.39 Å². The molecule has 0 aliphatic carbocycles. The van der Waals surface area contributed by atoms with Crippen molar-refractivity contribution in [3.8, 4) is 5.75 Å². The Morgan fingerprint density at radius 1 is 1.05 bits per heavy atom. The summed E-state index contributed by atoms with van der Waals surface area (Å²) in [5.74, 6) is -0.279. The Labute approximate surface area is 115 Å². The Morgan fingerprint density at radius 2 is 1.80 bits per heavy atom. The van der Waals surface area contributed by atoms with E-state index >= 15 is 0 Å². The molecule has 0 heterocycles. The SMILES string of the molecule is CC(Nc1ccccc1F)c1cccc(OC(F)F)c1. The van der Waals surface area contributed by atoms with E-state index < -0.39 is 6.61 Å². The molecule has 2 aromatic carbocycles. The second-order valence-corrected chi connectivity index (χ2v) is 4.30. The zero-order valence-corrected chi connectivity index (χ0v) is 10.8. The van der Waals surface area contributed by atoms with Crippen LogP contribution in [-0.2, 0) is 0 Å². The smallest absolute Gasteiger partial charge is 0.387 e. The monoisotopic (exact) mass is 281 g/mol. The van der Waals surface area contributed by atoms with E-state index in [1.165, 1.54) is 18.2 Å². The van der Waals surface area contributed by atoms with Gasteiger partial charge in [0.1, 0.15) is 11.6 Å². The number of hydrogen-bond donors (Lipinski definition) is 1. The molecule has 1 unspecified atom stereocenters. The van der Waals surface area contributed by atoms with Crippen LogP contribution in [0.25, 0.3) is 0 Å². The van der Waals surface area contributed by atoms with Crippen molar-refractivity contribution in [1.29, 1.82) is 0 Å². The standard InChI is InChI=1S/C15H14F3NO/c1-10(19-14-8-3-2-7-13(14)16)11-5-4-6-12(9-11)20-15(17)18/h2-10,15,19H,1H3. The normalized spacial score (nSPS) is 12.2. The minimum absolute atomic E-state index is 0.0830. The molecule has 0 radical (unpaired) electrons. The van der Waals surface area contributed by atoms with E-state index in [1.807, 2.05) is 6.92 Å². The third kappa shape index (κ3) is 3.66. The van der Waals surface area contributed by atoms with E-state index in [0.717, 1.165) is 5.56 Å². The predicted octanol–water partition coefficient (Wildman–Crippen LogP) is 4.60. The number of rotatable bonds is 5. The van der Waals surface area contributed by atoms with Gasteiger partial charge in [-0.3, -0.25) is 0 Å². The van der Waals surface area contributed by atoms with Crippen molar-refractivity contribution in [2.24, 2.45) is 0 Å². The van der Waals surface area contributed by atoms with Crippen LogP contribution in [-0.4, -0.2) is 6.61 Å². The topological polar surface area (TPSA) is 21.3 Å². The Morgan fingerprint density at radius 3 is 2.50 bits per heavy atom. The molecule has 0 saturated heterocycles. The molecule has 1 atom stereocenters. The molecule has 2 aromatic rings. The predicted molar refractivity (Wildman–Crippen MR) is 71.5 cm³/mol. The van der Waals surface area contributed by atoms with Gasteiger partial charge in [0.15, 0.2) is 0 Å². The number of nitrogens with one attached hydrogen (secondary N) is 1. The van der Waals surface area contributed by atoms with Crippen LogP contribution in [0.2, 0.25) is 0 Å². The molecule has 0 aliphatic rings. The van der Waals surface area contributed by atoms with E-state index in [0.29, 0.717) is 5.69 Å². The molecule has 0 bridgehead atoms. The second kappa shape index (κ2) is 6.32. The van der Waals surface area contributed by atoms with Gasteiger partial charge >= 0.3 is 6.61 Å². The quantitative estimate of drug-likeness (QED) is 0.864. The molecule has 0 aromatic heterocycles. The fraction of sp³-hybridized carbons (Fsp3) is 0.200. The molecule has 0 aliphatic heterocycles. The number of anilines is 1. The van der Waals surface area contributed by atoms with E-state index in [4.69, 9.17) is 0 Å². The maximum absolute atomic E-state index is 13.5. The highest BCUT2D eigenvalue weighted by Crippen LogP contribution is 2.24. The average molecular weight is 281 g/mol. The van der Waals surface area contributed by atoms with Crippen LogP contribution in [0.1, 0.15) is 18.5 Å². The number of ether oxygens (including phenoxy) is 1. The summed E-state index contributed by atoms with van der Waals surface area (Å²) in [7, 11) is 0. The maximum atomic E-state index is 13.5. The Hall–Kier alpha value is -2.17. The minimum Gasteiger partial charge on any atom is -0.435 e. The van der Waals surface area contributed by atoms with Crippen LogP contribution in [0.4, 0.5) is 18.9 Å². The van der Waals surface area contributed by atoms with Crippen molar-refractivity contribution >= 4 is 5.69 Å². The third-order valence-electron chi connectivity index (χ3n) is 2.83. The van der Waals surface area contributed by atoms with E-state index in [-0.39, 0.29) is 17.6 Å². The average Bonchev–Trinajstić information content (AvgIpc) is 2.41. The first-order valence-corrected chi connectivity index (χ1v) is 6.12. The van der Waals surface area contributed by atoms with Crippen LogP contribution < -0.4 is 10.1 Å². The minimum atomic E-state index is -2.86. The van der Waals surface area contributed by atoms with E-state index in [1.54, 1.807) is 30.3 Å². The molecule has 5 heteroatoms. The fourth-order valence-electron chi connectivity index (χ4n) is 1.85. The van der Waals surface area contributed by atoms with Gasteiger partial charge in [0, 0.05) is 6.04 Å². The molecular weight excluding hydrogens is 267 g/mol. The summed E-state index contributed by atoms with van der Waals surface area (Å²) in [6.45, 7) is -1.05. The summed E-state index contributed by atoms with van der Waals surface area (Å²) in [5.41, 5.74) is 1.09. The number of hydrogen-bond acceptors (Lipinski definition) is 2. The largest absolute Gasteiger partial charge is 0.435 e. The molecule has 0 amide bonds. The number of para-hydroxylation sites is 1. The zero-order valence-electron chi connectivity index (χ0n) is 10.8. The molecule has 0 fully saturated rings. The molecule has 0 saturated carbocycles. The summed E-state index contributed by atoms with van der Waals surface area (Å²) in [5, 5.41) is 2.99. The zero-order chi connectivity index (χ0) is 14.5. The van der Waals surface area contributed by atoms with Crippen LogP contribution in [0.3, 0.4) is 0 Å². The van der Waals surface area contributed by atoms with Gasteiger partial charge in [0.25, 0.3) is 0 Å². The van der Waals surface area contributed by atoms with Gasteiger partial charge in [-0.2, -0.15) is 8.78 Å².